The maximum atomic E-state index is 10.8. The zero-order chi connectivity index (χ0) is 11.0. The molecule has 0 heterocycles. The van der Waals surface area contributed by atoms with E-state index in [0.717, 1.165) is 15.2 Å². The average molecular weight is 266 g/mol. The van der Waals surface area contributed by atoms with Gasteiger partial charge in [-0.2, -0.15) is 0 Å². The van der Waals surface area contributed by atoms with E-state index >= 15 is 0 Å². The second-order valence-electron chi connectivity index (χ2n) is 3.24. The van der Waals surface area contributed by atoms with Gasteiger partial charge in [0, 0.05) is 10.2 Å². The second kappa shape index (κ2) is 3.55. The van der Waals surface area contributed by atoms with Crippen LogP contribution < -0.4 is 5.73 Å². The molecular formula is C11H8BrNO2. The van der Waals surface area contributed by atoms with Crippen molar-refractivity contribution in [3.05, 3.63) is 40.4 Å². The first-order valence-corrected chi connectivity index (χ1v) is 5.09. The molecular weight excluding hydrogens is 258 g/mol. The molecule has 0 saturated carbocycles. The lowest BCUT2D eigenvalue weighted by molar-refractivity contribution is 0.0697. The number of hydrogen-bond acceptors (Lipinski definition) is 2. The lowest BCUT2D eigenvalue weighted by atomic mass is 10.1. The Hall–Kier alpha value is -1.55. The largest absolute Gasteiger partial charge is 0.478 e. The molecule has 2 rings (SSSR count). The zero-order valence-corrected chi connectivity index (χ0v) is 9.28. The summed E-state index contributed by atoms with van der Waals surface area (Å²) in [5.74, 6) is -0.926. The van der Waals surface area contributed by atoms with E-state index < -0.39 is 5.97 Å². The Morgan fingerprint density at radius 2 is 1.93 bits per heavy atom. The summed E-state index contributed by atoms with van der Waals surface area (Å²) in [4.78, 5) is 10.8. The molecule has 0 aliphatic carbocycles. The number of aromatic carboxylic acids is 1. The van der Waals surface area contributed by atoms with Gasteiger partial charge in [0.1, 0.15) is 0 Å². The number of hydrogen-bond donors (Lipinski definition) is 2. The molecule has 0 aliphatic heterocycles. The molecule has 2 aromatic carbocycles. The molecule has 3 nitrogen and oxygen atoms in total. The van der Waals surface area contributed by atoms with Crippen LogP contribution in [0.2, 0.25) is 0 Å². The van der Waals surface area contributed by atoms with Gasteiger partial charge in [0.2, 0.25) is 0 Å². The van der Waals surface area contributed by atoms with Crippen molar-refractivity contribution in [1.82, 2.24) is 0 Å². The third-order valence-corrected chi connectivity index (χ3v) is 2.89. The van der Waals surface area contributed by atoms with E-state index in [1.807, 2.05) is 12.1 Å². The Morgan fingerprint density at radius 1 is 1.20 bits per heavy atom. The monoisotopic (exact) mass is 265 g/mol. The predicted octanol–water partition coefficient (Wildman–Crippen LogP) is 2.88. The number of fused-ring (bicyclic) bond motifs is 1. The smallest absolute Gasteiger partial charge is 0.335 e. The minimum absolute atomic E-state index is 0.277. The van der Waals surface area contributed by atoms with Gasteiger partial charge < -0.3 is 10.8 Å². The van der Waals surface area contributed by atoms with Crippen molar-refractivity contribution in [3.63, 3.8) is 0 Å². The quantitative estimate of drug-likeness (QED) is 0.780. The number of benzene rings is 2. The fourth-order valence-corrected chi connectivity index (χ4v) is 1.78. The predicted molar refractivity (Wildman–Crippen MR) is 63.0 cm³/mol. The number of carboxylic acids is 1. The summed E-state index contributed by atoms with van der Waals surface area (Å²) in [6.45, 7) is 0. The molecule has 2 aromatic rings. The molecule has 0 saturated heterocycles. The van der Waals surface area contributed by atoms with Crippen LogP contribution in [0.4, 0.5) is 5.69 Å². The van der Waals surface area contributed by atoms with Crippen molar-refractivity contribution >= 4 is 38.4 Å². The summed E-state index contributed by atoms with van der Waals surface area (Å²) >= 11 is 3.31. The zero-order valence-electron chi connectivity index (χ0n) is 7.70. The highest BCUT2D eigenvalue weighted by atomic mass is 79.9. The number of nitrogens with two attached hydrogens (primary N) is 1. The second-order valence-corrected chi connectivity index (χ2v) is 4.10. The van der Waals surface area contributed by atoms with Crippen molar-refractivity contribution in [1.29, 1.82) is 0 Å². The van der Waals surface area contributed by atoms with Crippen molar-refractivity contribution in [2.75, 3.05) is 5.73 Å². The standard InChI is InChI=1S/C11H8BrNO2/c12-9-4-8-3-7(11(14)15)2-1-6(8)5-10(9)13/h1-5H,13H2,(H,14,15). The van der Waals surface area contributed by atoms with Crippen LogP contribution in [0.5, 0.6) is 0 Å². The summed E-state index contributed by atoms with van der Waals surface area (Å²) in [7, 11) is 0. The van der Waals surface area contributed by atoms with Crippen LogP contribution in [-0.2, 0) is 0 Å². The Bertz CT molecular complexity index is 552. The first kappa shape index (κ1) is 9.98. The minimum Gasteiger partial charge on any atom is -0.478 e. The van der Waals surface area contributed by atoms with Gasteiger partial charge in [0.15, 0.2) is 0 Å². The summed E-state index contributed by atoms with van der Waals surface area (Å²) in [6.07, 6.45) is 0. The van der Waals surface area contributed by atoms with Crippen LogP contribution in [-0.4, -0.2) is 11.1 Å². The van der Waals surface area contributed by atoms with Crippen molar-refractivity contribution in [3.8, 4) is 0 Å². The van der Waals surface area contributed by atoms with Gasteiger partial charge in [0.25, 0.3) is 0 Å². The van der Waals surface area contributed by atoms with E-state index in [-0.39, 0.29) is 5.56 Å². The van der Waals surface area contributed by atoms with Gasteiger partial charge in [-0.05, 0) is 51.0 Å². The van der Waals surface area contributed by atoms with E-state index in [1.165, 1.54) is 0 Å². The Kier molecular flexibility index (Phi) is 2.36. The molecule has 0 aromatic heterocycles. The number of rotatable bonds is 1. The van der Waals surface area contributed by atoms with Gasteiger partial charge in [-0.1, -0.05) is 6.07 Å². The summed E-state index contributed by atoms with van der Waals surface area (Å²) < 4.78 is 0.775. The lowest BCUT2D eigenvalue weighted by Crippen LogP contribution is -1.95. The van der Waals surface area contributed by atoms with Crippen molar-refractivity contribution in [2.45, 2.75) is 0 Å². The summed E-state index contributed by atoms with van der Waals surface area (Å²) in [6, 6.07) is 8.57. The Morgan fingerprint density at radius 3 is 2.60 bits per heavy atom. The topological polar surface area (TPSA) is 63.3 Å². The van der Waals surface area contributed by atoms with Gasteiger partial charge in [-0.25, -0.2) is 4.79 Å². The highest BCUT2D eigenvalue weighted by molar-refractivity contribution is 9.10. The summed E-state index contributed by atoms with van der Waals surface area (Å²) in [5.41, 5.74) is 6.64. The highest BCUT2D eigenvalue weighted by Crippen LogP contribution is 2.26. The molecule has 15 heavy (non-hydrogen) atoms. The molecule has 0 unspecified atom stereocenters. The summed E-state index contributed by atoms with van der Waals surface area (Å²) in [5, 5.41) is 10.6. The van der Waals surface area contributed by atoms with E-state index in [1.54, 1.807) is 18.2 Å². The molecule has 3 N–H and O–H groups in total. The van der Waals surface area contributed by atoms with E-state index in [9.17, 15) is 4.79 Å². The SMILES string of the molecule is Nc1cc2ccc(C(=O)O)cc2cc1Br. The third kappa shape index (κ3) is 1.80. The number of carbonyl (C=O) groups is 1. The fraction of sp³-hybridized carbons (Fsp3) is 0. The van der Waals surface area contributed by atoms with Gasteiger partial charge >= 0.3 is 5.97 Å². The number of halogens is 1. The van der Waals surface area contributed by atoms with Gasteiger partial charge in [-0.3, -0.25) is 0 Å². The molecule has 0 radical (unpaired) electrons. The van der Waals surface area contributed by atoms with Crippen LogP contribution in [0.3, 0.4) is 0 Å². The molecule has 0 atom stereocenters. The third-order valence-electron chi connectivity index (χ3n) is 2.20. The van der Waals surface area contributed by atoms with Crippen LogP contribution >= 0.6 is 15.9 Å². The van der Waals surface area contributed by atoms with Gasteiger partial charge in [0.05, 0.1) is 5.56 Å². The number of carboxylic acid groups (broad SMARTS) is 1. The average Bonchev–Trinajstić information content (AvgIpc) is 2.19. The fourth-order valence-electron chi connectivity index (χ4n) is 1.42. The maximum absolute atomic E-state index is 10.8. The molecule has 76 valence electrons. The van der Waals surface area contributed by atoms with Crippen molar-refractivity contribution in [2.24, 2.45) is 0 Å². The molecule has 0 fully saturated rings. The first-order valence-electron chi connectivity index (χ1n) is 4.30. The number of anilines is 1. The molecule has 0 amide bonds. The van der Waals surface area contributed by atoms with Crippen LogP contribution in [0.25, 0.3) is 10.8 Å². The van der Waals surface area contributed by atoms with E-state index in [2.05, 4.69) is 15.9 Å². The Balaban J connectivity index is 2.72. The first-order chi connectivity index (χ1) is 7.08. The van der Waals surface area contributed by atoms with Crippen molar-refractivity contribution < 1.29 is 9.90 Å². The van der Waals surface area contributed by atoms with Gasteiger partial charge in [-0.15, -0.1) is 0 Å². The maximum Gasteiger partial charge on any atom is 0.335 e. The molecule has 0 bridgehead atoms. The van der Waals surface area contributed by atoms with E-state index in [0.29, 0.717) is 5.69 Å². The van der Waals surface area contributed by atoms with Crippen LogP contribution in [0.15, 0.2) is 34.8 Å². The van der Waals surface area contributed by atoms with E-state index in [4.69, 9.17) is 10.8 Å². The highest BCUT2D eigenvalue weighted by Gasteiger charge is 2.05. The molecule has 4 heteroatoms. The minimum atomic E-state index is -0.926. The van der Waals surface area contributed by atoms with Crippen LogP contribution in [0.1, 0.15) is 10.4 Å². The van der Waals surface area contributed by atoms with Crippen LogP contribution in [0, 0.1) is 0 Å². The normalized spacial score (nSPS) is 10.5. The Labute approximate surface area is 94.6 Å². The molecule has 0 aliphatic rings. The lowest BCUT2D eigenvalue weighted by Gasteiger charge is -2.03. The molecule has 0 spiro atoms. The number of nitrogen functional groups attached to an aromatic ring is 1.